The molecule has 154 valence electrons. The van der Waals surface area contributed by atoms with Crippen LogP contribution in [-0.2, 0) is 23.0 Å². The Bertz CT molecular complexity index is 1190. The lowest BCUT2D eigenvalue weighted by Gasteiger charge is -2.27. The third-order valence-electron chi connectivity index (χ3n) is 4.86. The molecule has 2 heterocycles. The van der Waals surface area contributed by atoms with Crippen molar-refractivity contribution in [1.29, 1.82) is 0 Å². The molecule has 3 aromatic rings. The van der Waals surface area contributed by atoms with Gasteiger partial charge in [-0.15, -0.1) is 0 Å². The number of anilines is 1. The molecule has 0 spiro atoms. The van der Waals surface area contributed by atoms with Gasteiger partial charge in [-0.05, 0) is 53.4 Å². The molecule has 0 amide bonds. The van der Waals surface area contributed by atoms with E-state index in [4.69, 9.17) is 0 Å². The summed E-state index contributed by atoms with van der Waals surface area (Å²) in [5, 5.41) is 22.8. The molecule has 0 radical (unpaired) electrons. The molecular weight excluding hydrogens is 404 g/mol. The van der Waals surface area contributed by atoms with E-state index in [0.29, 0.717) is 30.9 Å². The van der Waals surface area contributed by atoms with Gasteiger partial charge in [-0.1, -0.05) is 24.3 Å². The fraction of sp³-hybridized carbons (Fsp3) is 0.143. The summed E-state index contributed by atoms with van der Waals surface area (Å²) in [7, 11) is -3.64. The molecule has 0 fully saturated rings. The molecule has 0 atom stereocenters. The first-order chi connectivity index (χ1) is 14.4. The number of phenolic OH excluding ortho intramolecular Hbond substituents is 2. The van der Waals surface area contributed by atoms with E-state index in [1.54, 1.807) is 6.07 Å². The van der Waals surface area contributed by atoms with Gasteiger partial charge in [0.2, 0.25) is 10.0 Å². The highest BCUT2D eigenvalue weighted by Crippen LogP contribution is 2.25. The number of aromatic nitrogens is 1. The summed E-state index contributed by atoms with van der Waals surface area (Å²) in [6, 6.07) is 15.2. The summed E-state index contributed by atoms with van der Waals surface area (Å²) in [5.41, 5.74) is 5.48. The fourth-order valence-electron chi connectivity index (χ4n) is 3.22. The van der Waals surface area contributed by atoms with E-state index in [9.17, 15) is 18.6 Å². The summed E-state index contributed by atoms with van der Waals surface area (Å²) in [4.78, 5) is 4.25. The Labute approximate surface area is 174 Å². The van der Waals surface area contributed by atoms with Gasteiger partial charge in [-0.25, -0.2) is 13.4 Å². The van der Waals surface area contributed by atoms with Gasteiger partial charge < -0.3 is 10.2 Å². The Morgan fingerprint density at radius 2 is 1.83 bits per heavy atom. The summed E-state index contributed by atoms with van der Waals surface area (Å²) in [6.07, 6.45) is 3.43. The maximum Gasteiger partial charge on any atom is 0.244 e. The third-order valence-corrected chi connectivity index (χ3v) is 6.69. The summed E-state index contributed by atoms with van der Waals surface area (Å²) >= 11 is 0. The van der Waals surface area contributed by atoms with Gasteiger partial charge in [0.1, 0.15) is 10.7 Å². The molecule has 8 nitrogen and oxygen atoms in total. The van der Waals surface area contributed by atoms with E-state index in [2.05, 4.69) is 15.5 Å². The van der Waals surface area contributed by atoms with Crippen molar-refractivity contribution in [3.63, 3.8) is 0 Å². The monoisotopic (exact) mass is 424 g/mol. The lowest BCUT2D eigenvalue weighted by Crippen LogP contribution is -2.35. The van der Waals surface area contributed by atoms with Gasteiger partial charge in [-0.3, -0.25) is 5.43 Å². The van der Waals surface area contributed by atoms with Crippen molar-refractivity contribution in [2.75, 3.05) is 12.0 Å². The smallest absolute Gasteiger partial charge is 0.244 e. The SMILES string of the molecule is O=S(=O)(c1ccc(N/N=C/c2ccc(O)c(O)c2)nc1)N1CCc2ccccc2C1. The topological polar surface area (TPSA) is 115 Å². The van der Waals surface area contributed by atoms with E-state index in [1.165, 1.54) is 46.5 Å². The zero-order valence-corrected chi connectivity index (χ0v) is 16.7. The van der Waals surface area contributed by atoms with Crippen LogP contribution in [0.4, 0.5) is 5.82 Å². The largest absolute Gasteiger partial charge is 0.504 e. The molecule has 4 rings (SSSR count). The van der Waals surface area contributed by atoms with Crippen molar-refractivity contribution in [2.45, 2.75) is 17.9 Å². The zero-order valence-electron chi connectivity index (χ0n) is 15.9. The second-order valence-electron chi connectivity index (χ2n) is 6.85. The first kappa shape index (κ1) is 19.9. The van der Waals surface area contributed by atoms with Gasteiger partial charge in [-0.2, -0.15) is 9.41 Å². The second kappa shape index (κ2) is 8.13. The minimum atomic E-state index is -3.64. The zero-order chi connectivity index (χ0) is 21.1. The number of phenols is 2. The molecular formula is C21H20N4O4S. The lowest BCUT2D eigenvalue weighted by atomic mass is 10.0. The number of hydrogen-bond donors (Lipinski definition) is 3. The van der Waals surface area contributed by atoms with Gasteiger partial charge >= 0.3 is 0 Å². The molecule has 0 saturated carbocycles. The molecule has 30 heavy (non-hydrogen) atoms. The number of hydrazone groups is 1. The molecule has 0 saturated heterocycles. The lowest BCUT2D eigenvalue weighted by molar-refractivity contribution is 0.391. The highest BCUT2D eigenvalue weighted by atomic mass is 32.2. The standard InChI is InChI=1S/C21H20N4O4S/c26-19-7-5-15(11-20(19)27)12-23-24-21-8-6-18(13-22-21)30(28,29)25-10-9-16-3-1-2-4-17(16)14-25/h1-8,11-13,26-27H,9-10,14H2,(H,22,24)/b23-12+. The van der Waals surface area contributed by atoms with Gasteiger partial charge in [0, 0.05) is 19.3 Å². The normalized spacial score (nSPS) is 14.5. The van der Waals surface area contributed by atoms with Crippen molar-refractivity contribution in [3.8, 4) is 11.5 Å². The van der Waals surface area contributed by atoms with E-state index in [0.717, 1.165) is 5.56 Å². The van der Waals surface area contributed by atoms with Gasteiger partial charge in [0.15, 0.2) is 11.5 Å². The van der Waals surface area contributed by atoms with Crippen molar-refractivity contribution < 1.29 is 18.6 Å². The molecule has 1 aromatic heterocycles. The maximum absolute atomic E-state index is 13.0. The average Bonchev–Trinajstić information content (AvgIpc) is 2.76. The fourth-order valence-corrected chi connectivity index (χ4v) is 4.58. The number of nitrogens with zero attached hydrogens (tertiary/aromatic N) is 3. The summed E-state index contributed by atoms with van der Waals surface area (Å²) in [6.45, 7) is 0.783. The molecule has 9 heteroatoms. The van der Waals surface area contributed by atoms with Crippen molar-refractivity contribution in [1.82, 2.24) is 9.29 Å². The van der Waals surface area contributed by atoms with Crippen LogP contribution in [0.15, 0.2) is 70.8 Å². The predicted octanol–water partition coefficient (Wildman–Crippen LogP) is 2.69. The number of nitrogens with one attached hydrogen (secondary N) is 1. The van der Waals surface area contributed by atoms with E-state index < -0.39 is 10.0 Å². The summed E-state index contributed by atoms with van der Waals surface area (Å²) in [5.74, 6) is -0.0834. The Morgan fingerprint density at radius 3 is 2.57 bits per heavy atom. The minimum absolute atomic E-state index is 0.125. The maximum atomic E-state index is 13.0. The summed E-state index contributed by atoms with van der Waals surface area (Å²) < 4.78 is 27.4. The van der Waals surface area contributed by atoms with Crippen LogP contribution in [0, 0.1) is 0 Å². The molecule has 0 unspecified atom stereocenters. The quantitative estimate of drug-likeness (QED) is 0.330. The molecule has 1 aliphatic rings. The van der Waals surface area contributed by atoms with Crippen LogP contribution in [0.3, 0.4) is 0 Å². The number of aromatic hydroxyl groups is 2. The Kier molecular flexibility index (Phi) is 5.39. The van der Waals surface area contributed by atoms with Crippen LogP contribution in [0.2, 0.25) is 0 Å². The van der Waals surface area contributed by atoms with Crippen molar-refractivity contribution in [3.05, 3.63) is 77.5 Å². The van der Waals surface area contributed by atoms with Crippen LogP contribution >= 0.6 is 0 Å². The third kappa shape index (κ3) is 4.12. The molecule has 0 bridgehead atoms. The van der Waals surface area contributed by atoms with Crippen LogP contribution in [0.25, 0.3) is 0 Å². The Balaban J connectivity index is 1.44. The van der Waals surface area contributed by atoms with Gasteiger partial charge in [0.25, 0.3) is 0 Å². The number of pyridine rings is 1. The van der Waals surface area contributed by atoms with Crippen molar-refractivity contribution >= 4 is 22.1 Å². The van der Waals surface area contributed by atoms with Crippen LogP contribution in [0.1, 0.15) is 16.7 Å². The first-order valence-corrected chi connectivity index (χ1v) is 10.7. The highest BCUT2D eigenvalue weighted by Gasteiger charge is 2.28. The minimum Gasteiger partial charge on any atom is -0.504 e. The molecule has 3 N–H and O–H groups in total. The number of fused-ring (bicyclic) bond motifs is 1. The molecule has 1 aliphatic heterocycles. The van der Waals surface area contributed by atoms with Crippen LogP contribution in [0.5, 0.6) is 11.5 Å². The predicted molar refractivity (Wildman–Crippen MR) is 113 cm³/mol. The highest BCUT2D eigenvalue weighted by molar-refractivity contribution is 7.89. The van der Waals surface area contributed by atoms with E-state index >= 15 is 0 Å². The van der Waals surface area contributed by atoms with E-state index in [-0.39, 0.29) is 16.4 Å². The number of hydrogen-bond acceptors (Lipinski definition) is 7. The Morgan fingerprint density at radius 1 is 1.03 bits per heavy atom. The molecule has 2 aromatic carbocycles. The Hall–Kier alpha value is -3.43. The van der Waals surface area contributed by atoms with Crippen LogP contribution < -0.4 is 5.43 Å². The number of sulfonamides is 1. The van der Waals surface area contributed by atoms with Crippen LogP contribution in [-0.4, -0.2) is 40.7 Å². The van der Waals surface area contributed by atoms with Gasteiger partial charge in [0.05, 0.1) is 6.21 Å². The number of benzene rings is 2. The number of rotatable bonds is 5. The first-order valence-electron chi connectivity index (χ1n) is 9.27. The average molecular weight is 424 g/mol. The van der Waals surface area contributed by atoms with E-state index in [1.807, 2.05) is 24.3 Å². The molecule has 0 aliphatic carbocycles. The van der Waals surface area contributed by atoms with Crippen molar-refractivity contribution in [2.24, 2.45) is 5.10 Å². The second-order valence-corrected chi connectivity index (χ2v) is 8.79.